The number of carbonyl (C=O) groups is 1. The van der Waals surface area contributed by atoms with Crippen molar-refractivity contribution in [1.29, 1.82) is 0 Å². The van der Waals surface area contributed by atoms with Gasteiger partial charge in [-0.15, -0.1) is 0 Å². The number of carbonyl (C=O) groups excluding carboxylic acids is 1. The van der Waals surface area contributed by atoms with Crippen LogP contribution in [0, 0.1) is 5.92 Å². The average molecular weight is 287 g/mol. The van der Waals surface area contributed by atoms with Crippen molar-refractivity contribution in [2.24, 2.45) is 5.92 Å². The number of aliphatic hydroxyl groups is 1. The molecule has 0 bridgehead atoms. The van der Waals surface area contributed by atoms with Crippen molar-refractivity contribution in [3.63, 3.8) is 0 Å². The van der Waals surface area contributed by atoms with Crippen molar-refractivity contribution in [3.8, 4) is 0 Å². The fourth-order valence-electron chi connectivity index (χ4n) is 2.70. The van der Waals surface area contributed by atoms with Crippen LogP contribution in [0.2, 0.25) is 0 Å². The lowest BCUT2D eigenvalue weighted by atomic mass is 9.86. The summed E-state index contributed by atoms with van der Waals surface area (Å²) in [6, 6.07) is 0.264. The molecule has 0 aromatic heterocycles. The topological polar surface area (TPSA) is 59.0 Å². The molecule has 0 heterocycles. The molecule has 0 aliphatic heterocycles. The molecule has 0 unspecified atom stereocenters. The molecule has 1 amide bonds. The van der Waals surface area contributed by atoms with Crippen LogP contribution in [-0.4, -0.2) is 47.7 Å². The number of nitrogens with zero attached hydrogens (tertiary/aromatic N) is 1. The second kappa shape index (κ2) is 7.84. The Balaban J connectivity index is 2.46. The normalized spacial score (nSPS) is 23.4. The predicted molar refractivity (Wildman–Crippen MR) is 77.4 cm³/mol. The number of hydrogen-bond acceptors (Lipinski definition) is 4. The van der Waals surface area contributed by atoms with Gasteiger partial charge in [0.05, 0.1) is 6.61 Å². The maximum atomic E-state index is 12.2. The van der Waals surface area contributed by atoms with Crippen LogP contribution in [0.5, 0.6) is 0 Å². The lowest BCUT2D eigenvalue weighted by Crippen LogP contribution is -2.45. The minimum atomic E-state index is -0.448. The van der Waals surface area contributed by atoms with E-state index in [1.54, 1.807) is 0 Å². The van der Waals surface area contributed by atoms with Crippen molar-refractivity contribution >= 4 is 6.09 Å². The Labute approximate surface area is 122 Å². The zero-order valence-corrected chi connectivity index (χ0v) is 13.2. The van der Waals surface area contributed by atoms with E-state index in [4.69, 9.17) is 14.6 Å². The summed E-state index contributed by atoms with van der Waals surface area (Å²) in [5.74, 6) is 0.496. The van der Waals surface area contributed by atoms with E-state index in [1.165, 1.54) is 0 Å². The molecule has 1 fully saturated rings. The standard InChI is InChI=1S/C15H29NO4/c1-5-16(14(18)20-15(2,3)4)13-8-6-12(7-9-13)10-19-11-17/h12-13,17H,5-11H2,1-4H3. The summed E-state index contributed by atoms with van der Waals surface area (Å²) in [5, 5.41) is 8.66. The van der Waals surface area contributed by atoms with Gasteiger partial charge >= 0.3 is 6.09 Å². The highest BCUT2D eigenvalue weighted by Crippen LogP contribution is 2.28. The molecule has 1 aliphatic rings. The van der Waals surface area contributed by atoms with Crippen molar-refractivity contribution < 1.29 is 19.4 Å². The highest BCUT2D eigenvalue weighted by Gasteiger charge is 2.30. The Bertz CT molecular complexity index is 293. The summed E-state index contributed by atoms with van der Waals surface area (Å²) >= 11 is 0. The lowest BCUT2D eigenvalue weighted by molar-refractivity contribution is -0.0279. The number of rotatable bonds is 5. The highest BCUT2D eigenvalue weighted by atomic mass is 16.6. The van der Waals surface area contributed by atoms with Gasteiger partial charge in [-0.1, -0.05) is 0 Å². The lowest BCUT2D eigenvalue weighted by Gasteiger charge is -2.37. The monoisotopic (exact) mass is 287 g/mol. The minimum absolute atomic E-state index is 0.209. The highest BCUT2D eigenvalue weighted by molar-refractivity contribution is 5.68. The van der Waals surface area contributed by atoms with Crippen LogP contribution in [0.4, 0.5) is 4.79 Å². The minimum Gasteiger partial charge on any atom is -0.444 e. The molecule has 0 radical (unpaired) electrons. The molecule has 20 heavy (non-hydrogen) atoms. The van der Waals surface area contributed by atoms with Crippen LogP contribution in [0.25, 0.3) is 0 Å². The fourth-order valence-corrected chi connectivity index (χ4v) is 2.70. The second-order valence-electron chi connectivity index (χ2n) is 6.44. The number of aliphatic hydroxyl groups excluding tert-OH is 1. The molecule has 1 rings (SSSR count). The van der Waals surface area contributed by atoms with Gasteiger partial charge in [-0.05, 0) is 59.3 Å². The summed E-state index contributed by atoms with van der Waals surface area (Å²) in [7, 11) is 0. The van der Waals surface area contributed by atoms with Gasteiger partial charge < -0.3 is 19.5 Å². The van der Waals surface area contributed by atoms with Gasteiger partial charge in [0.15, 0.2) is 0 Å². The molecular formula is C15H29NO4. The largest absolute Gasteiger partial charge is 0.444 e. The number of ether oxygens (including phenoxy) is 2. The fraction of sp³-hybridized carbons (Fsp3) is 0.933. The van der Waals surface area contributed by atoms with Crippen LogP contribution in [0.15, 0.2) is 0 Å². The van der Waals surface area contributed by atoms with Crippen LogP contribution in [0.3, 0.4) is 0 Å². The SMILES string of the molecule is CCN(C(=O)OC(C)(C)C)C1CCC(COCO)CC1. The Morgan fingerprint density at radius 3 is 2.30 bits per heavy atom. The van der Waals surface area contributed by atoms with Crippen molar-refractivity contribution in [2.45, 2.75) is 65.0 Å². The van der Waals surface area contributed by atoms with E-state index in [9.17, 15) is 4.79 Å². The van der Waals surface area contributed by atoms with E-state index < -0.39 is 5.60 Å². The first kappa shape index (κ1) is 17.2. The third kappa shape index (κ3) is 5.67. The Morgan fingerprint density at radius 1 is 1.25 bits per heavy atom. The molecule has 0 aromatic rings. The molecule has 118 valence electrons. The molecule has 1 saturated carbocycles. The smallest absolute Gasteiger partial charge is 0.410 e. The maximum absolute atomic E-state index is 12.2. The van der Waals surface area contributed by atoms with E-state index in [-0.39, 0.29) is 18.9 Å². The molecule has 5 heteroatoms. The summed E-state index contributed by atoms with van der Waals surface area (Å²) in [4.78, 5) is 14.0. The van der Waals surface area contributed by atoms with E-state index in [1.807, 2.05) is 32.6 Å². The third-order valence-electron chi connectivity index (χ3n) is 3.67. The van der Waals surface area contributed by atoms with Crippen LogP contribution in [0.1, 0.15) is 53.4 Å². The Hall–Kier alpha value is -0.810. The summed E-state index contributed by atoms with van der Waals surface area (Å²) in [5.41, 5.74) is -0.448. The molecule has 0 saturated heterocycles. The van der Waals surface area contributed by atoms with Crippen molar-refractivity contribution in [1.82, 2.24) is 4.90 Å². The zero-order chi connectivity index (χ0) is 15.2. The molecule has 5 nitrogen and oxygen atoms in total. The molecular weight excluding hydrogens is 258 g/mol. The van der Waals surface area contributed by atoms with Crippen molar-refractivity contribution in [2.75, 3.05) is 19.9 Å². The van der Waals surface area contributed by atoms with Gasteiger partial charge in [0.25, 0.3) is 0 Å². The molecule has 1 N–H and O–H groups in total. The first-order valence-corrected chi connectivity index (χ1v) is 7.55. The molecule has 0 aromatic carbocycles. The maximum Gasteiger partial charge on any atom is 0.410 e. The van der Waals surface area contributed by atoms with Gasteiger partial charge in [-0.25, -0.2) is 4.79 Å². The molecule has 0 spiro atoms. The third-order valence-corrected chi connectivity index (χ3v) is 3.67. The molecule has 0 atom stereocenters. The number of amides is 1. The summed E-state index contributed by atoms with van der Waals surface area (Å²) in [6.07, 6.45) is 3.81. The van der Waals surface area contributed by atoms with E-state index in [0.717, 1.165) is 25.7 Å². The van der Waals surface area contributed by atoms with Crippen LogP contribution >= 0.6 is 0 Å². The van der Waals surface area contributed by atoms with Crippen LogP contribution < -0.4 is 0 Å². The zero-order valence-electron chi connectivity index (χ0n) is 13.2. The summed E-state index contributed by atoms with van der Waals surface area (Å²) < 4.78 is 10.5. The second-order valence-corrected chi connectivity index (χ2v) is 6.44. The van der Waals surface area contributed by atoms with Crippen LogP contribution in [-0.2, 0) is 9.47 Å². The van der Waals surface area contributed by atoms with E-state index >= 15 is 0 Å². The first-order valence-electron chi connectivity index (χ1n) is 7.55. The van der Waals surface area contributed by atoms with Gasteiger partial charge in [0, 0.05) is 12.6 Å². The Kier molecular flexibility index (Phi) is 6.76. The first-order chi connectivity index (χ1) is 9.37. The van der Waals surface area contributed by atoms with Gasteiger partial charge in [-0.3, -0.25) is 0 Å². The molecule has 1 aliphatic carbocycles. The average Bonchev–Trinajstić information content (AvgIpc) is 2.36. The number of hydrogen-bond donors (Lipinski definition) is 1. The Morgan fingerprint density at radius 2 is 1.85 bits per heavy atom. The van der Waals surface area contributed by atoms with Crippen molar-refractivity contribution in [3.05, 3.63) is 0 Å². The predicted octanol–water partition coefficient (Wildman–Crippen LogP) is 2.77. The van der Waals surface area contributed by atoms with E-state index in [0.29, 0.717) is 19.1 Å². The summed E-state index contributed by atoms with van der Waals surface area (Å²) in [6.45, 7) is 8.74. The van der Waals surface area contributed by atoms with Gasteiger partial charge in [0.1, 0.15) is 12.4 Å². The van der Waals surface area contributed by atoms with E-state index in [2.05, 4.69) is 0 Å². The van der Waals surface area contributed by atoms with Gasteiger partial charge in [-0.2, -0.15) is 0 Å². The quantitative estimate of drug-likeness (QED) is 0.790. The van der Waals surface area contributed by atoms with Gasteiger partial charge in [0.2, 0.25) is 0 Å².